The van der Waals surface area contributed by atoms with Crippen LogP contribution in [0, 0.1) is 19.8 Å². The number of aromatic nitrogens is 2. The van der Waals surface area contributed by atoms with E-state index in [4.69, 9.17) is 5.10 Å². The van der Waals surface area contributed by atoms with Crippen molar-refractivity contribution in [2.24, 2.45) is 5.92 Å². The average molecular weight is 408 g/mol. The van der Waals surface area contributed by atoms with Crippen LogP contribution in [0.2, 0.25) is 0 Å². The quantitative estimate of drug-likeness (QED) is 0.478. The van der Waals surface area contributed by atoms with E-state index < -0.39 is 0 Å². The molecule has 4 rings (SSSR count). The number of benzene rings is 1. The van der Waals surface area contributed by atoms with Crippen molar-refractivity contribution in [3.63, 3.8) is 0 Å². The van der Waals surface area contributed by atoms with Crippen molar-refractivity contribution >= 4 is 12.0 Å². The number of nitrogens with zero attached hydrogens (tertiary/aromatic N) is 3. The van der Waals surface area contributed by atoms with Crippen LogP contribution in [0.25, 0.3) is 6.08 Å². The third-order valence-corrected chi connectivity index (χ3v) is 6.61. The molecule has 1 atom stereocenters. The third kappa shape index (κ3) is 4.84. The van der Waals surface area contributed by atoms with Crippen LogP contribution in [0.3, 0.4) is 0 Å². The number of aryl methyl sites for hydroxylation is 1. The van der Waals surface area contributed by atoms with Crippen LogP contribution >= 0.6 is 0 Å². The van der Waals surface area contributed by atoms with E-state index in [0.29, 0.717) is 6.04 Å². The Hall–Kier alpha value is -2.40. The molecule has 160 valence electrons. The fraction of sp³-hybridized carbons (Fsp3) is 0.520. The standard InChI is InChI=1S/C25H33N3O2/c1-18-23(19(2)28(26-18)17-21-6-7-21)14-16-27-15-4-5-24(27)22-11-8-20(9-12-22)10-13-25(29)30-3/h8-13,21,24H,4-7,14-17H2,1-3H3/b13-10+/t24-/m0/s1. The van der Waals surface area contributed by atoms with Crippen LogP contribution in [-0.2, 0) is 22.5 Å². The molecule has 0 bridgehead atoms. The Labute approximate surface area is 179 Å². The number of esters is 1. The van der Waals surface area contributed by atoms with Crippen LogP contribution in [0.4, 0.5) is 0 Å². The number of carbonyl (C=O) groups is 1. The second kappa shape index (κ2) is 9.17. The molecule has 1 aliphatic carbocycles. The van der Waals surface area contributed by atoms with Crippen LogP contribution in [0.15, 0.2) is 30.3 Å². The molecular formula is C25H33N3O2. The Kier molecular flexibility index (Phi) is 6.38. The smallest absolute Gasteiger partial charge is 0.330 e. The van der Waals surface area contributed by atoms with E-state index in [9.17, 15) is 4.79 Å². The van der Waals surface area contributed by atoms with Gasteiger partial charge in [0.2, 0.25) is 0 Å². The Morgan fingerprint density at radius 3 is 2.67 bits per heavy atom. The summed E-state index contributed by atoms with van der Waals surface area (Å²) in [6.45, 7) is 7.72. The van der Waals surface area contributed by atoms with Gasteiger partial charge in [-0.05, 0) is 81.2 Å². The summed E-state index contributed by atoms with van der Waals surface area (Å²) in [7, 11) is 1.39. The Morgan fingerprint density at radius 1 is 1.20 bits per heavy atom. The molecular weight excluding hydrogens is 374 g/mol. The van der Waals surface area contributed by atoms with Crippen molar-refractivity contribution in [2.45, 2.75) is 58.5 Å². The zero-order chi connectivity index (χ0) is 21.1. The topological polar surface area (TPSA) is 47.4 Å². The maximum Gasteiger partial charge on any atom is 0.330 e. The molecule has 30 heavy (non-hydrogen) atoms. The lowest BCUT2D eigenvalue weighted by Gasteiger charge is -2.25. The Balaban J connectivity index is 1.39. The molecule has 0 spiro atoms. The van der Waals surface area contributed by atoms with Gasteiger partial charge in [0.15, 0.2) is 0 Å². The summed E-state index contributed by atoms with van der Waals surface area (Å²) < 4.78 is 6.90. The molecule has 0 radical (unpaired) electrons. The Morgan fingerprint density at radius 2 is 1.97 bits per heavy atom. The van der Waals surface area contributed by atoms with Gasteiger partial charge in [-0.3, -0.25) is 9.58 Å². The third-order valence-electron chi connectivity index (χ3n) is 6.61. The van der Waals surface area contributed by atoms with Crippen molar-refractivity contribution in [1.82, 2.24) is 14.7 Å². The van der Waals surface area contributed by atoms with Gasteiger partial charge in [-0.1, -0.05) is 24.3 Å². The second-order valence-corrected chi connectivity index (χ2v) is 8.74. The van der Waals surface area contributed by atoms with Crippen LogP contribution in [-0.4, -0.2) is 40.8 Å². The highest BCUT2D eigenvalue weighted by Crippen LogP contribution is 2.33. The fourth-order valence-corrected chi connectivity index (χ4v) is 4.61. The number of ether oxygens (including phenoxy) is 1. The molecule has 5 heteroatoms. The largest absolute Gasteiger partial charge is 0.466 e. The van der Waals surface area contributed by atoms with Crippen molar-refractivity contribution < 1.29 is 9.53 Å². The molecule has 5 nitrogen and oxygen atoms in total. The summed E-state index contributed by atoms with van der Waals surface area (Å²) in [5.74, 6) is 0.524. The predicted molar refractivity (Wildman–Crippen MR) is 119 cm³/mol. The number of hydrogen-bond acceptors (Lipinski definition) is 4. The van der Waals surface area contributed by atoms with Gasteiger partial charge in [-0.2, -0.15) is 5.10 Å². The maximum atomic E-state index is 11.3. The lowest BCUT2D eigenvalue weighted by atomic mass is 10.0. The van der Waals surface area contributed by atoms with E-state index in [2.05, 4.69) is 52.4 Å². The van der Waals surface area contributed by atoms with E-state index >= 15 is 0 Å². The molecule has 1 aromatic carbocycles. The molecule has 1 aliphatic heterocycles. The summed E-state index contributed by atoms with van der Waals surface area (Å²) in [6, 6.07) is 9.04. The van der Waals surface area contributed by atoms with Gasteiger partial charge in [-0.15, -0.1) is 0 Å². The van der Waals surface area contributed by atoms with E-state index in [-0.39, 0.29) is 5.97 Å². The second-order valence-electron chi connectivity index (χ2n) is 8.74. The van der Waals surface area contributed by atoms with E-state index in [1.54, 1.807) is 6.08 Å². The van der Waals surface area contributed by atoms with Crippen LogP contribution in [0.1, 0.15) is 59.8 Å². The molecule has 0 unspecified atom stereocenters. The first kappa shape index (κ1) is 20.9. The van der Waals surface area contributed by atoms with Gasteiger partial charge in [0.25, 0.3) is 0 Å². The number of methoxy groups -OCH3 is 1. The van der Waals surface area contributed by atoms with Gasteiger partial charge in [0, 0.05) is 30.9 Å². The summed E-state index contributed by atoms with van der Waals surface area (Å²) in [6.07, 6.45) is 9.50. The summed E-state index contributed by atoms with van der Waals surface area (Å²) in [5, 5.41) is 4.82. The highest BCUT2D eigenvalue weighted by molar-refractivity contribution is 5.86. The number of likely N-dealkylation sites (tertiary alicyclic amines) is 1. The van der Waals surface area contributed by atoms with Crippen molar-refractivity contribution in [1.29, 1.82) is 0 Å². The number of rotatable bonds is 8. The summed E-state index contributed by atoms with van der Waals surface area (Å²) in [5.41, 5.74) is 6.37. The van der Waals surface area contributed by atoms with E-state index in [1.807, 2.05) is 0 Å². The first-order valence-electron chi connectivity index (χ1n) is 11.2. The zero-order valence-electron chi connectivity index (χ0n) is 18.4. The van der Waals surface area contributed by atoms with Gasteiger partial charge >= 0.3 is 5.97 Å². The van der Waals surface area contributed by atoms with E-state index in [1.165, 1.54) is 61.4 Å². The lowest BCUT2D eigenvalue weighted by molar-refractivity contribution is -0.134. The Bertz CT molecular complexity index is 909. The minimum Gasteiger partial charge on any atom is -0.466 e. The lowest BCUT2D eigenvalue weighted by Crippen LogP contribution is -2.26. The molecule has 0 N–H and O–H groups in total. The number of hydrogen-bond donors (Lipinski definition) is 0. The first-order chi connectivity index (χ1) is 14.5. The molecule has 2 aliphatic rings. The summed E-state index contributed by atoms with van der Waals surface area (Å²) in [4.78, 5) is 13.9. The molecule has 1 aromatic heterocycles. The minimum atomic E-state index is -0.327. The van der Waals surface area contributed by atoms with Gasteiger partial charge in [-0.25, -0.2) is 4.79 Å². The maximum absolute atomic E-state index is 11.3. The SMILES string of the molecule is COC(=O)/C=C/c1ccc([C@@H]2CCCN2CCc2c(C)nn(CC3CC3)c2C)cc1. The van der Waals surface area contributed by atoms with Gasteiger partial charge in [0.1, 0.15) is 0 Å². The van der Waals surface area contributed by atoms with Crippen LogP contribution in [0.5, 0.6) is 0 Å². The fourth-order valence-electron chi connectivity index (χ4n) is 4.61. The van der Waals surface area contributed by atoms with Gasteiger partial charge < -0.3 is 4.74 Å². The van der Waals surface area contributed by atoms with Crippen molar-refractivity contribution in [2.75, 3.05) is 20.2 Å². The van der Waals surface area contributed by atoms with Gasteiger partial charge in [0.05, 0.1) is 12.8 Å². The summed E-state index contributed by atoms with van der Waals surface area (Å²) >= 11 is 0. The molecule has 2 heterocycles. The minimum absolute atomic E-state index is 0.327. The molecule has 1 saturated carbocycles. The van der Waals surface area contributed by atoms with E-state index in [0.717, 1.165) is 37.5 Å². The monoisotopic (exact) mass is 407 g/mol. The molecule has 1 saturated heterocycles. The molecule has 2 fully saturated rings. The average Bonchev–Trinajstić information content (AvgIpc) is 3.38. The first-order valence-corrected chi connectivity index (χ1v) is 11.2. The normalized spacial score (nSPS) is 19.6. The van der Waals surface area contributed by atoms with Crippen LogP contribution < -0.4 is 0 Å². The predicted octanol–water partition coefficient (Wildman–Crippen LogP) is 4.48. The molecule has 2 aromatic rings. The highest BCUT2D eigenvalue weighted by Gasteiger charge is 2.27. The highest BCUT2D eigenvalue weighted by atomic mass is 16.5. The molecule has 0 amide bonds. The van der Waals surface area contributed by atoms with Crippen molar-refractivity contribution in [3.05, 3.63) is 58.4 Å². The number of carbonyl (C=O) groups excluding carboxylic acids is 1. The zero-order valence-corrected chi connectivity index (χ0v) is 18.4. The van der Waals surface area contributed by atoms with Crippen molar-refractivity contribution in [3.8, 4) is 0 Å².